The van der Waals surface area contributed by atoms with Crippen molar-refractivity contribution in [1.29, 1.82) is 0 Å². The first-order valence-corrected chi connectivity index (χ1v) is 6.48. The van der Waals surface area contributed by atoms with E-state index in [2.05, 4.69) is 16.4 Å². The lowest BCUT2D eigenvalue weighted by molar-refractivity contribution is 0.913. The third kappa shape index (κ3) is 1.95. The van der Waals surface area contributed by atoms with Crippen LogP contribution in [0, 0.1) is 0 Å². The van der Waals surface area contributed by atoms with Crippen molar-refractivity contribution in [3.05, 3.63) is 45.9 Å². The average Bonchev–Trinajstić information content (AvgIpc) is 2.88. The van der Waals surface area contributed by atoms with Crippen molar-refractivity contribution in [2.45, 2.75) is 25.8 Å². The zero-order valence-electron chi connectivity index (χ0n) is 9.07. The topological polar surface area (TPSA) is 24.9 Å². The molecular formula is C13H14N2S. The average molecular weight is 230 g/mol. The molecule has 0 amide bonds. The van der Waals surface area contributed by atoms with Gasteiger partial charge in [0.25, 0.3) is 0 Å². The molecule has 0 atom stereocenters. The first-order chi connectivity index (χ1) is 7.92. The molecule has 1 aliphatic carbocycles. The Labute approximate surface area is 99.4 Å². The molecule has 16 heavy (non-hydrogen) atoms. The van der Waals surface area contributed by atoms with Crippen LogP contribution >= 0.6 is 11.3 Å². The SMILES string of the molecule is c1cc(NCc2cc3c(s2)CCC3)ccn1. The Morgan fingerprint density at radius 1 is 1.25 bits per heavy atom. The Morgan fingerprint density at radius 3 is 2.94 bits per heavy atom. The van der Waals surface area contributed by atoms with Gasteiger partial charge in [-0.2, -0.15) is 0 Å². The van der Waals surface area contributed by atoms with Crippen molar-refractivity contribution in [3.8, 4) is 0 Å². The van der Waals surface area contributed by atoms with E-state index in [0.29, 0.717) is 0 Å². The van der Waals surface area contributed by atoms with Crippen molar-refractivity contribution < 1.29 is 0 Å². The van der Waals surface area contributed by atoms with E-state index in [1.54, 1.807) is 10.4 Å². The van der Waals surface area contributed by atoms with Crippen LogP contribution < -0.4 is 5.32 Å². The Balaban J connectivity index is 1.67. The molecule has 0 radical (unpaired) electrons. The fourth-order valence-electron chi connectivity index (χ4n) is 2.14. The molecule has 2 nitrogen and oxygen atoms in total. The molecule has 82 valence electrons. The number of hydrogen-bond donors (Lipinski definition) is 1. The van der Waals surface area contributed by atoms with E-state index in [9.17, 15) is 0 Å². The van der Waals surface area contributed by atoms with Crippen LogP contribution in [0.3, 0.4) is 0 Å². The van der Waals surface area contributed by atoms with Gasteiger partial charge < -0.3 is 5.32 Å². The van der Waals surface area contributed by atoms with Crippen LogP contribution in [0.1, 0.15) is 21.7 Å². The van der Waals surface area contributed by atoms with Crippen LogP contribution in [-0.4, -0.2) is 4.98 Å². The maximum absolute atomic E-state index is 4.00. The van der Waals surface area contributed by atoms with E-state index in [4.69, 9.17) is 0 Å². The first-order valence-electron chi connectivity index (χ1n) is 5.66. The van der Waals surface area contributed by atoms with E-state index in [-0.39, 0.29) is 0 Å². The Hall–Kier alpha value is -1.35. The monoisotopic (exact) mass is 230 g/mol. The highest BCUT2D eigenvalue weighted by molar-refractivity contribution is 7.12. The summed E-state index contributed by atoms with van der Waals surface area (Å²) in [5.41, 5.74) is 2.72. The number of pyridine rings is 1. The van der Waals surface area contributed by atoms with Crippen molar-refractivity contribution in [3.63, 3.8) is 0 Å². The van der Waals surface area contributed by atoms with Crippen LogP contribution in [0.25, 0.3) is 0 Å². The minimum absolute atomic E-state index is 0.932. The van der Waals surface area contributed by atoms with Gasteiger partial charge in [-0.1, -0.05) is 0 Å². The van der Waals surface area contributed by atoms with Crippen molar-refractivity contribution in [1.82, 2.24) is 4.98 Å². The molecule has 0 fully saturated rings. The molecule has 0 aliphatic heterocycles. The van der Waals surface area contributed by atoms with Gasteiger partial charge in [0.2, 0.25) is 0 Å². The Kier molecular flexibility index (Phi) is 2.62. The minimum atomic E-state index is 0.932. The van der Waals surface area contributed by atoms with Gasteiger partial charge in [-0.3, -0.25) is 4.98 Å². The number of nitrogens with one attached hydrogen (secondary N) is 1. The summed E-state index contributed by atoms with van der Waals surface area (Å²) in [7, 11) is 0. The van der Waals surface area contributed by atoms with Gasteiger partial charge in [0.1, 0.15) is 0 Å². The third-order valence-corrected chi connectivity index (χ3v) is 4.18. The third-order valence-electron chi connectivity index (χ3n) is 2.94. The van der Waals surface area contributed by atoms with E-state index >= 15 is 0 Å². The summed E-state index contributed by atoms with van der Waals surface area (Å²) >= 11 is 1.96. The summed E-state index contributed by atoms with van der Waals surface area (Å²) in [5, 5.41) is 3.42. The number of aryl methyl sites for hydroxylation is 2. The minimum Gasteiger partial charge on any atom is -0.380 e. The lowest BCUT2D eigenvalue weighted by Crippen LogP contribution is -1.97. The predicted molar refractivity (Wildman–Crippen MR) is 67.9 cm³/mol. The maximum Gasteiger partial charge on any atom is 0.0494 e. The quantitative estimate of drug-likeness (QED) is 0.875. The normalized spacial score (nSPS) is 13.8. The lowest BCUT2D eigenvalue weighted by atomic mass is 10.2. The summed E-state index contributed by atoms with van der Waals surface area (Å²) in [5.74, 6) is 0. The molecule has 0 saturated carbocycles. The molecule has 0 bridgehead atoms. The Bertz CT molecular complexity index is 454. The number of aromatic nitrogens is 1. The highest BCUT2D eigenvalue weighted by atomic mass is 32.1. The smallest absolute Gasteiger partial charge is 0.0494 e. The lowest BCUT2D eigenvalue weighted by Gasteiger charge is -2.03. The van der Waals surface area contributed by atoms with Crippen molar-refractivity contribution in [2.75, 3.05) is 5.32 Å². The molecule has 1 aliphatic rings. The Morgan fingerprint density at radius 2 is 2.12 bits per heavy atom. The predicted octanol–water partition coefficient (Wildman–Crippen LogP) is 3.24. The van der Waals surface area contributed by atoms with Gasteiger partial charge in [-0.05, 0) is 43.0 Å². The number of thiophene rings is 1. The molecule has 0 spiro atoms. The van der Waals surface area contributed by atoms with E-state index < -0.39 is 0 Å². The zero-order chi connectivity index (χ0) is 10.8. The van der Waals surface area contributed by atoms with Gasteiger partial charge in [0.15, 0.2) is 0 Å². The molecular weight excluding hydrogens is 216 g/mol. The van der Waals surface area contributed by atoms with E-state index in [1.807, 2.05) is 35.9 Å². The fraction of sp³-hybridized carbons (Fsp3) is 0.308. The second-order valence-corrected chi connectivity index (χ2v) is 5.33. The highest BCUT2D eigenvalue weighted by Crippen LogP contribution is 2.30. The van der Waals surface area contributed by atoms with Gasteiger partial charge in [0.05, 0.1) is 0 Å². The molecule has 1 N–H and O–H groups in total. The van der Waals surface area contributed by atoms with Gasteiger partial charge in [-0.25, -0.2) is 0 Å². The van der Waals surface area contributed by atoms with Crippen LogP contribution in [0.4, 0.5) is 5.69 Å². The molecule has 3 heteroatoms. The molecule has 3 rings (SSSR count). The maximum atomic E-state index is 4.00. The highest BCUT2D eigenvalue weighted by Gasteiger charge is 2.14. The summed E-state index contributed by atoms with van der Waals surface area (Å²) in [6.07, 6.45) is 7.54. The molecule has 2 heterocycles. The summed E-state index contributed by atoms with van der Waals surface area (Å²) in [6.45, 7) is 0.932. The number of fused-ring (bicyclic) bond motifs is 1. The van der Waals surface area contributed by atoms with Crippen molar-refractivity contribution >= 4 is 17.0 Å². The fourth-order valence-corrected chi connectivity index (χ4v) is 3.34. The van der Waals surface area contributed by atoms with Crippen LogP contribution in [0.2, 0.25) is 0 Å². The largest absolute Gasteiger partial charge is 0.380 e. The summed E-state index contributed by atoms with van der Waals surface area (Å²) in [4.78, 5) is 7.05. The zero-order valence-corrected chi connectivity index (χ0v) is 9.89. The van der Waals surface area contributed by atoms with Crippen molar-refractivity contribution in [2.24, 2.45) is 0 Å². The first kappa shape index (κ1) is 9.85. The number of nitrogens with zero attached hydrogens (tertiary/aromatic N) is 1. The van der Waals surface area contributed by atoms with E-state index in [1.165, 1.54) is 24.1 Å². The second-order valence-electron chi connectivity index (χ2n) is 4.10. The summed E-state index contributed by atoms with van der Waals surface area (Å²) in [6, 6.07) is 6.36. The van der Waals surface area contributed by atoms with Gasteiger partial charge in [-0.15, -0.1) is 11.3 Å². The second kappa shape index (κ2) is 4.26. The summed E-state index contributed by atoms with van der Waals surface area (Å²) < 4.78 is 0. The number of hydrogen-bond acceptors (Lipinski definition) is 3. The molecule has 2 aromatic rings. The van der Waals surface area contributed by atoms with E-state index in [0.717, 1.165) is 12.2 Å². The van der Waals surface area contributed by atoms with Crippen LogP contribution in [-0.2, 0) is 19.4 Å². The molecule has 2 aromatic heterocycles. The number of anilines is 1. The number of rotatable bonds is 3. The molecule has 0 saturated heterocycles. The van der Waals surface area contributed by atoms with Gasteiger partial charge in [0, 0.05) is 34.4 Å². The van der Waals surface area contributed by atoms with Gasteiger partial charge >= 0.3 is 0 Å². The van der Waals surface area contributed by atoms with Crippen LogP contribution in [0.15, 0.2) is 30.6 Å². The van der Waals surface area contributed by atoms with Crippen LogP contribution in [0.5, 0.6) is 0 Å². The standard InChI is InChI=1S/C13H14N2S/c1-2-10-8-12(16-13(10)3-1)9-15-11-4-6-14-7-5-11/h4-8H,1-3,9H2,(H,14,15). The molecule has 0 unspecified atom stereocenters. The molecule has 0 aromatic carbocycles.